The molecule has 19 heavy (non-hydrogen) atoms. The van der Waals surface area contributed by atoms with Crippen LogP contribution in [0.15, 0.2) is 24.3 Å². The van der Waals surface area contributed by atoms with Crippen LogP contribution in [0.5, 0.6) is 11.5 Å². The van der Waals surface area contributed by atoms with E-state index in [-0.39, 0.29) is 0 Å². The van der Waals surface area contributed by atoms with E-state index in [1.807, 2.05) is 6.92 Å². The molecule has 0 fully saturated rings. The van der Waals surface area contributed by atoms with E-state index in [4.69, 9.17) is 9.47 Å². The van der Waals surface area contributed by atoms with Crippen molar-refractivity contribution in [2.45, 2.75) is 20.8 Å². The Bertz CT molecular complexity index is 449. The Balaban J connectivity index is 2.90. The maximum Gasteiger partial charge on any atom is 0.161 e. The number of carbonyl (C=O) groups is 1. The monoisotopic (exact) mass is 263 g/mol. The molecule has 0 spiro atoms. The van der Waals surface area contributed by atoms with Crippen LogP contribution in [0.1, 0.15) is 26.3 Å². The zero-order valence-corrected chi connectivity index (χ0v) is 11.5. The Hall–Kier alpha value is -1.97. The summed E-state index contributed by atoms with van der Waals surface area (Å²) in [5.41, 5.74) is 0.726. The van der Waals surface area contributed by atoms with Crippen molar-refractivity contribution in [3.63, 3.8) is 0 Å². The van der Waals surface area contributed by atoms with Crippen molar-refractivity contribution in [2.24, 2.45) is 5.92 Å². The summed E-state index contributed by atoms with van der Waals surface area (Å²) in [4.78, 5) is 10.4. The minimum atomic E-state index is -1.22. The fourth-order valence-electron chi connectivity index (χ4n) is 1.44. The molecule has 0 saturated carbocycles. The number of aliphatic carboxylic acids is 1. The highest BCUT2D eigenvalue weighted by atomic mass is 16.5. The predicted octanol–water partition coefficient (Wildman–Crippen LogP) is 1.88. The zero-order valence-electron chi connectivity index (χ0n) is 11.5. The summed E-state index contributed by atoms with van der Waals surface area (Å²) in [7, 11) is 0. The Morgan fingerprint density at radius 3 is 2.63 bits per heavy atom. The summed E-state index contributed by atoms with van der Waals surface area (Å²) < 4.78 is 11.1. The molecule has 0 bridgehead atoms. The maximum atomic E-state index is 10.4. The molecule has 0 unspecified atom stereocenters. The predicted molar refractivity (Wildman–Crippen MR) is 72.0 cm³/mol. The van der Waals surface area contributed by atoms with Gasteiger partial charge in [-0.25, -0.2) is 0 Å². The molecule has 0 aromatic heterocycles. The average Bonchev–Trinajstić information content (AvgIpc) is 2.35. The fourth-order valence-corrected chi connectivity index (χ4v) is 1.44. The lowest BCUT2D eigenvalue weighted by Gasteiger charge is -2.14. The van der Waals surface area contributed by atoms with Crippen LogP contribution in [-0.4, -0.2) is 19.2 Å². The first-order valence-corrected chi connectivity index (χ1v) is 6.31. The van der Waals surface area contributed by atoms with Crippen molar-refractivity contribution in [3.05, 3.63) is 29.8 Å². The van der Waals surface area contributed by atoms with E-state index in [9.17, 15) is 9.90 Å². The Labute approximate surface area is 113 Å². The minimum Gasteiger partial charge on any atom is -0.545 e. The number of hydrogen-bond donors (Lipinski definition) is 0. The number of ether oxygens (including phenoxy) is 2. The van der Waals surface area contributed by atoms with E-state index < -0.39 is 5.97 Å². The Kier molecular flexibility index (Phi) is 5.93. The molecule has 4 nitrogen and oxygen atoms in total. The first kappa shape index (κ1) is 15.1. The van der Waals surface area contributed by atoms with Crippen LogP contribution < -0.4 is 14.6 Å². The van der Waals surface area contributed by atoms with Gasteiger partial charge in [0.15, 0.2) is 11.5 Å². The lowest BCUT2D eigenvalue weighted by molar-refractivity contribution is -0.297. The second-order valence-electron chi connectivity index (χ2n) is 4.50. The van der Waals surface area contributed by atoms with Crippen molar-refractivity contribution in [2.75, 3.05) is 13.2 Å². The molecule has 0 N–H and O–H groups in total. The van der Waals surface area contributed by atoms with Crippen LogP contribution in [0, 0.1) is 5.92 Å². The maximum absolute atomic E-state index is 10.4. The van der Waals surface area contributed by atoms with Crippen LogP contribution in [-0.2, 0) is 4.79 Å². The van der Waals surface area contributed by atoms with Crippen LogP contribution in [0.2, 0.25) is 0 Å². The summed E-state index contributed by atoms with van der Waals surface area (Å²) in [6.45, 7) is 7.14. The summed E-state index contributed by atoms with van der Waals surface area (Å²) >= 11 is 0. The molecule has 4 heteroatoms. The van der Waals surface area contributed by atoms with E-state index in [1.165, 1.54) is 6.08 Å². The second-order valence-corrected chi connectivity index (χ2v) is 4.50. The van der Waals surface area contributed by atoms with Gasteiger partial charge in [-0.3, -0.25) is 0 Å². The van der Waals surface area contributed by atoms with Crippen LogP contribution >= 0.6 is 0 Å². The van der Waals surface area contributed by atoms with Crippen molar-refractivity contribution >= 4 is 12.0 Å². The Morgan fingerprint density at radius 1 is 1.32 bits per heavy atom. The first-order valence-electron chi connectivity index (χ1n) is 6.31. The number of carboxylic acid groups (broad SMARTS) is 1. The second kappa shape index (κ2) is 7.46. The van der Waals surface area contributed by atoms with Crippen LogP contribution in [0.3, 0.4) is 0 Å². The molecular weight excluding hydrogens is 244 g/mol. The van der Waals surface area contributed by atoms with E-state index >= 15 is 0 Å². The van der Waals surface area contributed by atoms with E-state index in [1.54, 1.807) is 18.2 Å². The highest BCUT2D eigenvalue weighted by Crippen LogP contribution is 2.29. The molecule has 104 valence electrons. The van der Waals surface area contributed by atoms with Gasteiger partial charge in [0.2, 0.25) is 0 Å². The van der Waals surface area contributed by atoms with Gasteiger partial charge in [-0.05, 0) is 36.6 Å². The third kappa shape index (κ3) is 5.46. The molecule has 1 rings (SSSR count). The number of benzene rings is 1. The van der Waals surface area contributed by atoms with Gasteiger partial charge < -0.3 is 19.4 Å². The molecule has 0 radical (unpaired) electrons. The van der Waals surface area contributed by atoms with Crippen LogP contribution in [0.4, 0.5) is 0 Å². The fraction of sp³-hybridized carbons (Fsp3) is 0.400. The first-order chi connectivity index (χ1) is 9.02. The molecule has 1 aromatic carbocycles. The largest absolute Gasteiger partial charge is 0.545 e. The minimum absolute atomic E-state index is 0.423. The van der Waals surface area contributed by atoms with Gasteiger partial charge in [-0.2, -0.15) is 0 Å². The summed E-state index contributed by atoms with van der Waals surface area (Å²) in [6.07, 6.45) is 2.45. The molecular formula is C15H19O4-. The van der Waals surface area contributed by atoms with Gasteiger partial charge in [0.25, 0.3) is 0 Å². The lowest BCUT2D eigenvalue weighted by Crippen LogP contribution is -2.18. The molecule has 0 atom stereocenters. The Morgan fingerprint density at radius 2 is 2.05 bits per heavy atom. The standard InChI is InChI=1S/C15H20O4/c1-4-18-14-9-12(6-8-15(16)17)5-7-13(14)19-10-11(2)3/h5-9,11H,4,10H2,1-3H3,(H,16,17)/p-1/b8-6+. The average molecular weight is 263 g/mol. The summed E-state index contributed by atoms with van der Waals surface area (Å²) in [6, 6.07) is 5.30. The summed E-state index contributed by atoms with van der Waals surface area (Å²) in [5, 5.41) is 10.4. The van der Waals surface area contributed by atoms with Gasteiger partial charge >= 0.3 is 0 Å². The highest BCUT2D eigenvalue weighted by molar-refractivity contribution is 5.83. The lowest BCUT2D eigenvalue weighted by atomic mass is 10.2. The molecule has 0 aliphatic carbocycles. The topological polar surface area (TPSA) is 58.6 Å². The van der Waals surface area contributed by atoms with Gasteiger partial charge in [-0.15, -0.1) is 0 Å². The zero-order chi connectivity index (χ0) is 14.3. The smallest absolute Gasteiger partial charge is 0.161 e. The van der Waals surface area contributed by atoms with E-state index in [0.717, 1.165) is 11.6 Å². The summed E-state index contributed by atoms with van der Waals surface area (Å²) in [5.74, 6) is 0.482. The van der Waals surface area contributed by atoms with Crippen molar-refractivity contribution < 1.29 is 19.4 Å². The molecule has 0 heterocycles. The molecule has 1 aromatic rings. The number of hydrogen-bond acceptors (Lipinski definition) is 4. The number of rotatable bonds is 7. The SMILES string of the molecule is CCOc1cc(/C=C/C(=O)[O-])ccc1OCC(C)C. The van der Waals surface area contributed by atoms with Gasteiger partial charge in [-0.1, -0.05) is 26.0 Å². The third-order valence-electron chi connectivity index (χ3n) is 2.25. The third-order valence-corrected chi connectivity index (χ3v) is 2.25. The van der Waals surface area contributed by atoms with Crippen molar-refractivity contribution in [1.82, 2.24) is 0 Å². The van der Waals surface area contributed by atoms with Gasteiger partial charge in [0, 0.05) is 0 Å². The van der Waals surface area contributed by atoms with Crippen LogP contribution in [0.25, 0.3) is 6.08 Å². The van der Waals surface area contributed by atoms with Gasteiger partial charge in [0.1, 0.15) is 0 Å². The van der Waals surface area contributed by atoms with Gasteiger partial charge in [0.05, 0.1) is 19.2 Å². The molecule has 0 aliphatic rings. The highest BCUT2D eigenvalue weighted by Gasteiger charge is 2.06. The van der Waals surface area contributed by atoms with E-state index in [2.05, 4.69) is 13.8 Å². The normalized spacial score (nSPS) is 10.9. The molecule has 0 aliphatic heterocycles. The number of carbonyl (C=O) groups excluding carboxylic acids is 1. The number of carboxylic acids is 1. The van der Waals surface area contributed by atoms with Crippen molar-refractivity contribution in [1.29, 1.82) is 0 Å². The molecule has 0 amide bonds. The van der Waals surface area contributed by atoms with Crippen molar-refractivity contribution in [3.8, 4) is 11.5 Å². The molecule has 0 saturated heterocycles. The van der Waals surface area contributed by atoms with E-state index in [0.29, 0.717) is 30.6 Å². The quantitative estimate of drug-likeness (QED) is 0.705.